The molecule has 1 aromatic heterocycles. The molecule has 1 N–H and O–H groups in total. The Morgan fingerprint density at radius 3 is 2.77 bits per heavy atom. The number of fused-ring (bicyclic) bond motifs is 1. The molecule has 30 heavy (non-hydrogen) atoms. The number of nitrogens with one attached hydrogen (secondary N) is 1. The van der Waals surface area contributed by atoms with Crippen LogP contribution in [-0.4, -0.2) is 25.4 Å². The summed E-state index contributed by atoms with van der Waals surface area (Å²) < 4.78 is 46.6. The second-order valence-corrected chi connectivity index (χ2v) is 9.65. The van der Waals surface area contributed by atoms with E-state index in [1.54, 1.807) is 42.5 Å². The molecule has 2 aromatic carbocycles. The molecule has 6 nitrogen and oxygen atoms in total. The number of anilines is 1. The molecule has 0 radical (unpaired) electrons. The van der Waals surface area contributed by atoms with E-state index in [2.05, 4.69) is 16.4 Å². The van der Waals surface area contributed by atoms with Crippen LogP contribution >= 0.6 is 11.6 Å². The first-order valence-electron chi connectivity index (χ1n) is 8.82. The summed E-state index contributed by atoms with van der Waals surface area (Å²) in [5, 5.41) is 0.704. The van der Waals surface area contributed by atoms with Crippen molar-refractivity contribution in [2.24, 2.45) is 4.99 Å². The van der Waals surface area contributed by atoms with E-state index in [4.69, 9.17) is 16.0 Å². The normalized spacial score (nSPS) is 13.6. The highest BCUT2D eigenvalue weighted by Crippen LogP contribution is 2.30. The molecule has 0 spiro atoms. The summed E-state index contributed by atoms with van der Waals surface area (Å²) in [4.78, 5) is 4.14. The van der Waals surface area contributed by atoms with E-state index in [1.807, 2.05) is 13.0 Å². The van der Waals surface area contributed by atoms with Crippen LogP contribution in [0.2, 0.25) is 5.02 Å². The van der Waals surface area contributed by atoms with Gasteiger partial charge in [0.2, 0.25) is 5.09 Å². The SMILES string of the molecule is C=N/C(=C\C=C/C)C[S+]([O-])c1ccc(Cl)cc1NS(=O)(=O)c1cc2ccccc2o1. The number of allylic oxidation sites excluding steroid dienone is 3. The monoisotopic (exact) mass is 462 g/mol. The average Bonchev–Trinajstić information content (AvgIpc) is 3.16. The van der Waals surface area contributed by atoms with Gasteiger partial charge >= 0.3 is 0 Å². The summed E-state index contributed by atoms with van der Waals surface area (Å²) >= 11 is 4.46. The number of hydrogen-bond donors (Lipinski definition) is 1. The number of rotatable bonds is 8. The van der Waals surface area contributed by atoms with Crippen molar-refractivity contribution < 1.29 is 17.4 Å². The van der Waals surface area contributed by atoms with Crippen LogP contribution in [0.4, 0.5) is 5.69 Å². The fourth-order valence-electron chi connectivity index (χ4n) is 2.63. The average molecular weight is 463 g/mol. The van der Waals surface area contributed by atoms with Gasteiger partial charge in [-0.1, -0.05) is 42.0 Å². The van der Waals surface area contributed by atoms with Gasteiger partial charge in [0, 0.05) is 16.5 Å². The predicted molar refractivity (Wildman–Crippen MR) is 122 cm³/mol. The van der Waals surface area contributed by atoms with E-state index >= 15 is 0 Å². The van der Waals surface area contributed by atoms with Gasteiger partial charge in [0.05, 0.1) is 5.70 Å². The standard InChI is InChI=1S/C21H19ClN2O4S2/c1-3-4-8-17(23-2)14-29(25)20-11-10-16(22)13-18(20)24-30(26,27)21-12-15-7-5-6-9-19(15)28-21/h3-13,24H,2,14H2,1H3/b4-3-,17-8-. The van der Waals surface area contributed by atoms with Gasteiger partial charge in [-0.15, -0.1) is 0 Å². The topological polar surface area (TPSA) is 94.7 Å². The highest BCUT2D eigenvalue weighted by atomic mass is 35.5. The van der Waals surface area contributed by atoms with Crippen LogP contribution in [0.15, 0.2) is 91.9 Å². The van der Waals surface area contributed by atoms with Gasteiger partial charge < -0.3 is 8.97 Å². The molecule has 156 valence electrons. The number of para-hydroxylation sites is 1. The van der Waals surface area contributed by atoms with Gasteiger partial charge in [-0.2, -0.15) is 8.42 Å². The molecule has 0 amide bonds. The lowest BCUT2D eigenvalue weighted by Crippen LogP contribution is -2.16. The summed E-state index contributed by atoms with van der Waals surface area (Å²) in [5.41, 5.74) is 1.06. The van der Waals surface area contributed by atoms with Crippen LogP contribution in [0.1, 0.15) is 6.92 Å². The summed E-state index contributed by atoms with van der Waals surface area (Å²) in [6, 6.07) is 12.9. The van der Waals surface area contributed by atoms with Gasteiger partial charge in [0.25, 0.3) is 10.0 Å². The molecular weight excluding hydrogens is 444 g/mol. The van der Waals surface area contributed by atoms with Crippen molar-refractivity contribution >= 4 is 56.2 Å². The predicted octanol–water partition coefficient (Wildman–Crippen LogP) is 5.16. The molecule has 0 saturated carbocycles. The molecule has 0 aliphatic carbocycles. The molecule has 1 heterocycles. The second kappa shape index (κ2) is 9.53. The molecule has 9 heteroatoms. The zero-order chi connectivity index (χ0) is 21.7. The molecule has 0 fully saturated rings. The van der Waals surface area contributed by atoms with Crippen LogP contribution in [-0.2, 0) is 21.2 Å². The lowest BCUT2D eigenvalue weighted by Gasteiger charge is -2.15. The summed E-state index contributed by atoms with van der Waals surface area (Å²) in [7, 11) is -4.07. The molecule has 0 bridgehead atoms. The van der Waals surface area contributed by atoms with E-state index in [0.29, 0.717) is 21.7 Å². The number of benzene rings is 2. The van der Waals surface area contributed by atoms with Crippen molar-refractivity contribution in [1.82, 2.24) is 0 Å². The van der Waals surface area contributed by atoms with Crippen LogP contribution in [0, 0.1) is 0 Å². The Morgan fingerprint density at radius 2 is 2.07 bits per heavy atom. The Hall–Kier alpha value is -2.52. The second-order valence-electron chi connectivity index (χ2n) is 6.18. The van der Waals surface area contributed by atoms with Crippen molar-refractivity contribution in [3.63, 3.8) is 0 Å². The quantitative estimate of drug-likeness (QED) is 0.284. The minimum Gasteiger partial charge on any atom is -0.611 e. The molecule has 3 rings (SSSR count). The Morgan fingerprint density at radius 1 is 1.30 bits per heavy atom. The molecule has 1 unspecified atom stereocenters. The number of furan rings is 1. The van der Waals surface area contributed by atoms with Gasteiger partial charge in [-0.25, -0.2) is 0 Å². The van der Waals surface area contributed by atoms with Crippen LogP contribution in [0.25, 0.3) is 11.0 Å². The highest BCUT2D eigenvalue weighted by Gasteiger charge is 2.25. The van der Waals surface area contributed by atoms with Gasteiger partial charge in [-0.05, 0) is 55.2 Å². The number of hydrogen-bond acceptors (Lipinski definition) is 5. The first-order chi connectivity index (χ1) is 14.3. The zero-order valence-corrected chi connectivity index (χ0v) is 18.4. The number of nitrogens with zero attached hydrogens (tertiary/aromatic N) is 1. The Kier molecular flexibility index (Phi) is 7.04. The Balaban J connectivity index is 1.93. The maximum Gasteiger partial charge on any atom is 0.295 e. The molecule has 3 aromatic rings. The maximum atomic E-state index is 12.9. The van der Waals surface area contributed by atoms with E-state index < -0.39 is 21.2 Å². The van der Waals surface area contributed by atoms with Gasteiger partial charge in [-0.3, -0.25) is 9.71 Å². The summed E-state index contributed by atoms with van der Waals surface area (Å²) in [6.07, 6.45) is 5.26. The number of aliphatic imine (C=N–C) groups is 1. The summed E-state index contributed by atoms with van der Waals surface area (Å²) in [6.45, 7) is 5.33. The largest absolute Gasteiger partial charge is 0.611 e. The third kappa shape index (κ3) is 5.14. The smallest absolute Gasteiger partial charge is 0.295 e. The lowest BCUT2D eigenvalue weighted by atomic mass is 10.3. The minimum absolute atomic E-state index is 0.0643. The minimum atomic E-state index is -4.07. The van der Waals surface area contributed by atoms with Crippen molar-refractivity contribution in [1.29, 1.82) is 0 Å². The van der Waals surface area contributed by atoms with Crippen LogP contribution in [0.5, 0.6) is 0 Å². The number of sulfonamides is 1. The van der Waals surface area contributed by atoms with Gasteiger partial charge in [0.1, 0.15) is 11.3 Å². The van der Waals surface area contributed by atoms with Crippen molar-refractivity contribution in [2.45, 2.75) is 16.9 Å². The Bertz CT molecular complexity index is 1200. The van der Waals surface area contributed by atoms with E-state index in [9.17, 15) is 13.0 Å². The summed E-state index contributed by atoms with van der Waals surface area (Å²) in [5.74, 6) is 0.0643. The van der Waals surface area contributed by atoms with E-state index in [0.717, 1.165) is 0 Å². The lowest BCUT2D eigenvalue weighted by molar-refractivity contribution is 0.484. The highest BCUT2D eigenvalue weighted by molar-refractivity contribution is 7.93. The third-order valence-electron chi connectivity index (χ3n) is 4.06. The van der Waals surface area contributed by atoms with Crippen LogP contribution in [0.3, 0.4) is 0 Å². The molecule has 0 aliphatic rings. The zero-order valence-electron chi connectivity index (χ0n) is 16.0. The van der Waals surface area contributed by atoms with Crippen LogP contribution < -0.4 is 4.72 Å². The first-order valence-corrected chi connectivity index (χ1v) is 12.0. The maximum absolute atomic E-state index is 12.9. The molecule has 0 aliphatic heterocycles. The number of halogens is 1. The fraction of sp³-hybridized carbons (Fsp3) is 0.0952. The molecule has 0 saturated heterocycles. The van der Waals surface area contributed by atoms with Crippen molar-refractivity contribution in [2.75, 3.05) is 10.5 Å². The Labute approximate surface area is 183 Å². The van der Waals surface area contributed by atoms with Crippen molar-refractivity contribution in [3.8, 4) is 0 Å². The van der Waals surface area contributed by atoms with E-state index in [1.165, 1.54) is 18.2 Å². The van der Waals surface area contributed by atoms with Gasteiger partial charge in [0.15, 0.2) is 10.6 Å². The third-order valence-corrected chi connectivity index (χ3v) is 6.92. The fourth-order valence-corrected chi connectivity index (χ4v) is 5.10. The van der Waals surface area contributed by atoms with Crippen molar-refractivity contribution in [3.05, 3.63) is 77.5 Å². The first kappa shape index (κ1) is 22.2. The molecular formula is C21H19ClN2O4S2. The van der Waals surface area contributed by atoms with E-state index in [-0.39, 0.29) is 21.4 Å². The molecule has 1 atom stereocenters.